The maximum atomic E-state index is 12.9. The summed E-state index contributed by atoms with van der Waals surface area (Å²) in [4.78, 5) is 29.6. The Balaban J connectivity index is 1.90. The van der Waals surface area contributed by atoms with Crippen molar-refractivity contribution in [2.75, 3.05) is 21.3 Å². The molecule has 0 unspecified atom stereocenters. The number of ether oxygens (including phenoxy) is 3. The lowest BCUT2D eigenvalue weighted by Crippen LogP contribution is -2.26. The van der Waals surface area contributed by atoms with Crippen LogP contribution in [0.5, 0.6) is 17.2 Å². The second-order valence-corrected chi connectivity index (χ2v) is 7.21. The van der Waals surface area contributed by atoms with E-state index in [0.29, 0.717) is 32.9 Å². The predicted molar refractivity (Wildman–Crippen MR) is 114 cm³/mol. The minimum atomic E-state index is -0.484. The highest BCUT2D eigenvalue weighted by molar-refractivity contribution is 7.15. The summed E-state index contributed by atoms with van der Waals surface area (Å²) in [6.45, 7) is 0. The van der Waals surface area contributed by atoms with Crippen molar-refractivity contribution in [1.29, 1.82) is 0 Å². The Kier molecular flexibility index (Phi) is 5.20. The second-order valence-electron chi connectivity index (χ2n) is 6.20. The fraction of sp³-hybridized carbons (Fsp3) is 0.143. The minimum Gasteiger partial charge on any atom is -0.493 e. The van der Waals surface area contributed by atoms with Crippen molar-refractivity contribution < 1.29 is 14.2 Å². The van der Waals surface area contributed by atoms with Gasteiger partial charge in [0.2, 0.25) is 10.7 Å². The van der Waals surface area contributed by atoms with Crippen LogP contribution in [-0.4, -0.2) is 35.9 Å². The molecule has 30 heavy (non-hydrogen) atoms. The maximum Gasteiger partial charge on any atom is 0.300 e. The highest BCUT2D eigenvalue weighted by Gasteiger charge is 2.15. The summed E-state index contributed by atoms with van der Waals surface area (Å²) < 4.78 is 17.6. The van der Waals surface area contributed by atoms with Crippen LogP contribution in [0.1, 0.15) is 5.56 Å². The minimum absolute atomic E-state index is 0.127. The van der Waals surface area contributed by atoms with E-state index in [2.05, 4.69) is 10.1 Å². The first-order chi connectivity index (χ1) is 14.5. The van der Waals surface area contributed by atoms with Gasteiger partial charge in [-0.15, -0.1) is 0 Å². The molecule has 9 heteroatoms. The van der Waals surface area contributed by atoms with Gasteiger partial charge in [-0.1, -0.05) is 41.7 Å². The van der Waals surface area contributed by atoms with E-state index in [9.17, 15) is 9.59 Å². The molecular weight excluding hydrogens is 406 g/mol. The Morgan fingerprint density at radius 2 is 1.63 bits per heavy atom. The molecule has 8 nitrogen and oxygen atoms in total. The molecule has 0 amide bonds. The van der Waals surface area contributed by atoms with Gasteiger partial charge in [-0.05, 0) is 23.8 Å². The smallest absolute Gasteiger partial charge is 0.300 e. The zero-order chi connectivity index (χ0) is 21.3. The SMILES string of the molecule is COc1cc(/C=c2\sc3nc(=O)c(-c4ccccc4)nn3c2=O)cc(OC)c1OC. The average molecular weight is 423 g/mol. The summed E-state index contributed by atoms with van der Waals surface area (Å²) in [7, 11) is 4.55. The zero-order valence-electron chi connectivity index (χ0n) is 16.4. The molecular formula is C21H17N3O5S. The molecule has 0 saturated carbocycles. The number of benzene rings is 2. The standard InChI is InChI=1S/C21H17N3O5S/c1-27-14-9-12(10-15(28-2)18(14)29-3)11-16-20(26)24-21(30-16)22-19(25)17(23-24)13-7-5-4-6-8-13/h4-11H,1-3H3/b16-11-. The Labute approximate surface area is 174 Å². The second kappa shape index (κ2) is 7.96. The van der Waals surface area contributed by atoms with E-state index in [-0.39, 0.29) is 16.2 Å². The Hall–Kier alpha value is -3.72. The van der Waals surface area contributed by atoms with Crippen LogP contribution in [0.4, 0.5) is 0 Å². The number of rotatable bonds is 5. The van der Waals surface area contributed by atoms with Gasteiger partial charge in [0, 0.05) is 5.56 Å². The number of nitrogens with zero attached hydrogens (tertiary/aromatic N) is 3. The first-order valence-electron chi connectivity index (χ1n) is 8.86. The Bertz CT molecular complexity index is 1370. The van der Waals surface area contributed by atoms with E-state index in [1.165, 1.54) is 21.3 Å². The van der Waals surface area contributed by atoms with E-state index in [1.54, 1.807) is 42.5 Å². The van der Waals surface area contributed by atoms with Crippen molar-refractivity contribution in [3.63, 3.8) is 0 Å². The molecule has 2 aromatic carbocycles. The summed E-state index contributed by atoms with van der Waals surface area (Å²) in [5, 5.41) is 4.25. The molecule has 152 valence electrons. The van der Waals surface area contributed by atoms with E-state index in [4.69, 9.17) is 14.2 Å². The van der Waals surface area contributed by atoms with E-state index >= 15 is 0 Å². The van der Waals surface area contributed by atoms with Gasteiger partial charge in [0.15, 0.2) is 17.2 Å². The molecule has 4 aromatic rings. The van der Waals surface area contributed by atoms with Crippen LogP contribution >= 0.6 is 11.3 Å². The molecule has 4 rings (SSSR count). The summed E-state index contributed by atoms with van der Waals surface area (Å²) in [6, 6.07) is 12.4. The van der Waals surface area contributed by atoms with Crippen LogP contribution in [-0.2, 0) is 0 Å². The summed E-state index contributed by atoms with van der Waals surface area (Å²) in [6.07, 6.45) is 1.67. The van der Waals surface area contributed by atoms with Gasteiger partial charge in [-0.25, -0.2) is 0 Å². The fourth-order valence-corrected chi connectivity index (χ4v) is 3.93. The molecule has 0 atom stereocenters. The van der Waals surface area contributed by atoms with Crippen molar-refractivity contribution in [3.05, 3.63) is 73.3 Å². The van der Waals surface area contributed by atoms with E-state index in [1.807, 2.05) is 6.07 Å². The number of hydrogen-bond donors (Lipinski definition) is 0. The molecule has 0 saturated heterocycles. The third-order valence-corrected chi connectivity index (χ3v) is 5.38. The summed E-state index contributed by atoms with van der Waals surface area (Å²) >= 11 is 1.08. The van der Waals surface area contributed by atoms with Crippen molar-refractivity contribution in [2.45, 2.75) is 0 Å². The molecule has 2 heterocycles. The molecule has 0 aliphatic carbocycles. The molecule has 0 radical (unpaired) electrons. The molecule has 0 aliphatic rings. The normalized spacial score (nSPS) is 11.6. The van der Waals surface area contributed by atoms with Gasteiger partial charge in [-0.3, -0.25) is 9.59 Å². The lowest BCUT2D eigenvalue weighted by atomic mass is 10.1. The van der Waals surface area contributed by atoms with Crippen molar-refractivity contribution in [1.82, 2.24) is 14.6 Å². The van der Waals surface area contributed by atoms with Gasteiger partial charge in [0.25, 0.3) is 5.56 Å². The first-order valence-corrected chi connectivity index (χ1v) is 9.68. The molecule has 0 aliphatic heterocycles. The van der Waals surface area contributed by atoms with E-state index in [0.717, 1.165) is 15.9 Å². The number of hydrogen-bond acceptors (Lipinski definition) is 8. The van der Waals surface area contributed by atoms with Gasteiger partial charge >= 0.3 is 5.56 Å². The highest BCUT2D eigenvalue weighted by atomic mass is 32.1. The largest absolute Gasteiger partial charge is 0.493 e. The van der Waals surface area contributed by atoms with Crippen LogP contribution < -0.4 is 29.9 Å². The third-order valence-electron chi connectivity index (χ3n) is 4.42. The number of methoxy groups -OCH3 is 3. The van der Waals surface area contributed by atoms with Crippen LogP contribution in [0.2, 0.25) is 0 Å². The number of fused-ring (bicyclic) bond motifs is 1. The molecule has 0 N–H and O–H groups in total. The third kappa shape index (κ3) is 3.39. The fourth-order valence-electron chi connectivity index (χ4n) is 3.02. The highest BCUT2D eigenvalue weighted by Crippen LogP contribution is 2.38. The quantitative estimate of drug-likeness (QED) is 0.483. The molecule has 0 fully saturated rings. The molecule has 2 aromatic heterocycles. The summed E-state index contributed by atoms with van der Waals surface area (Å²) in [5.41, 5.74) is 0.544. The van der Waals surface area contributed by atoms with Gasteiger partial charge in [-0.2, -0.15) is 14.6 Å². The van der Waals surface area contributed by atoms with Crippen molar-refractivity contribution in [3.8, 4) is 28.5 Å². The average Bonchev–Trinajstić information content (AvgIpc) is 3.07. The topological polar surface area (TPSA) is 92.0 Å². The Morgan fingerprint density at radius 1 is 0.967 bits per heavy atom. The maximum absolute atomic E-state index is 12.9. The zero-order valence-corrected chi connectivity index (χ0v) is 17.2. The van der Waals surface area contributed by atoms with Crippen LogP contribution in [0.25, 0.3) is 22.3 Å². The van der Waals surface area contributed by atoms with Crippen LogP contribution in [0.15, 0.2) is 52.1 Å². The number of thiazole rings is 1. The Morgan fingerprint density at radius 3 is 2.23 bits per heavy atom. The predicted octanol–water partition coefficient (Wildman–Crippen LogP) is 1.75. The first kappa shape index (κ1) is 19.6. The van der Waals surface area contributed by atoms with Gasteiger partial charge < -0.3 is 14.2 Å². The molecule has 0 spiro atoms. The van der Waals surface area contributed by atoms with Crippen LogP contribution in [0, 0.1) is 0 Å². The monoisotopic (exact) mass is 423 g/mol. The van der Waals surface area contributed by atoms with E-state index < -0.39 is 5.56 Å². The number of aromatic nitrogens is 3. The lowest BCUT2D eigenvalue weighted by Gasteiger charge is -2.12. The van der Waals surface area contributed by atoms with Crippen molar-refractivity contribution >= 4 is 22.4 Å². The van der Waals surface area contributed by atoms with Crippen LogP contribution in [0.3, 0.4) is 0 Å². The van der Waals surface area contributed by atoms with Gasteiger partial charge in [0.1, 0.15) is 0 Å². The summed E-state index contributed by atoms with van der Waals surface area (Å²) in [5.74, 6) is 1.39. The van der Waals surface area contributed by atoms with Crippen molar-refractivity contribution in [2.24, 2.45) is 0 Å². The van der Waals surface area contributed by atoms with Gasteiger partial charge in [0.05, 0.1) is 25.9 Å². The lowest BCUT2D eigenvalue weighted by molar-refractivity contribution is 0.324. The molecule has 0 bridgehead atoms.